The lowest BCUT2D eigenvalue weighted by atomic mass is 10.2. The summed E-state index contributed by atoms with van der Waals surface area (Å²) in [5, 5.41) is 0.577. The normalized spacial score (nSPS) is 14.4. The van der Waals surface area contributed by atoms with Gasteiger partial charge >= 0.3 is 0 Å². The average Bonchev–Trinajstić information content (AvgIpc) is 2.89. The highest BCUT2D eigenvalue weighted by Gasteiger charge is 2.08. The molecule has 3 heteroatoms. The first-order valence-corrected chi connectivity index (χ1v) is 6.90. The minimum atomic E-state index is 0.577. The number of hydrogen-bond donors (Lipinski definition) is 1. The van der Waals surface area contributed by atoms with E-state index in [0.717, 1.165) is 12.1 Å². The summed E-state index contributed by atoms with van der Waals surface area (Å²) in [4.78, 5) is 2.37. The molecular weight excluding hydrogens is 244 g/mol. The van der Waals surface area contributed by atoms with E-state index in [9.17, 15) is 0 Å². The molecule has 2 rings (SSSR count). The summed E-state index contributed by atoms with van der Waals surface area (Å²) in [6.07, 6.45) is 2.60. The largest absolute Gasteiger partial charge is 0.398 e. The monoisotopic (exact) mass is 264 g/mol. The molecule has 1 aromatic carbocycles. The Kier molecular flexibility index (Phi) is 6.64. The van der Waals surface area contributed by atoms with Crippen LogP contribution in [-0.2, 0) is 0 Å². The quantitative estimate of drug-likeness (QED) is 0.622. The number of anilines is 1. The number of nitrogens with two attached hydrogens (primary N) is 1. The predicted octanol–water partition coefficient (Wildman–Crippen LogP) is 3.40. The van der Waals surface area contributed by atoms with Gasteiger partial charge in [-0.15, -0.1) is 0 Å². The van der Waals surface area contributed by atoms with Gasteiger partial charge in [0, 0.05) is 5.56 Å². The minimum Gasteiger partial charge on any atom is -0.398 e. The van der Waals surface area contributed by atoms with Gasteiger partial charge in [0.15, 0.2) is 0 Å². The highest BCUT2D eigenvalue weighted by molar-refractivity contribution is 6.33. The molecule has 1 saturated heterocycles. The molecule has 1 aliphatic rings. The van der Waals surface area contributed by atoms with Crippen molar-refractivity contribution in [1.82, 2.24) is 4.90 Å². The topological polar surface area (TPSA) is 29.3 Å². The van der Waals surface area contributed by atoms with Gasteiger partial charge < -0.3 is 5.73 Å². The van der Waals surface area contributed by atoms with Crippen LogP contribution in [-0.4, -0.2) is 24.5 Å². The van der Waals surface area contributed by atoms with Crippen molar-refractivity contribution in [2.45, 2.75) is 26.7 Å². The van der Waals surface area contributed by atoms with Crippen LogP contribution in [0.1, 0.15) is 32.3 Å². The number of hydrogen-bond acceptors (Lipinski definition) is 2. The predicted molar refractivity (Wildman–Crippen MR) is 79.8 cm³/mol. The van der Waals surface area contributed by atoms with Crippen LogP contribution in [0.3, 0.4) is 0 Å². The molecule has 2 N–H and O–H groups in total. The summed E-state index contributed by atoms with van der Waals surface area (Å²) >= 11 is 5.92. The first-order valence-electron chi connectivity index (χ1n) is 6.52. The van der Waals surface area contributed by atoms with Crippen LogP contribution < -0.4 is 5.73 Å². The molecule has 1 aromatic rings. The first-order chi connectivity index (χ1) is 8.75. The third-order valence-corrected chi connectivity index (χ3v) is 3.06. The lowest BCUT2D eigenvalue weighted by Crippen LogP contribution is -2.18. The highest BCUT2D eigenvalue weighted by Crippen LogP contribution is 2.18. The Morgan fingerprint density at radius 2 is 1.94 bits per heavy atom. The van der Waals surface area contributed by atoms with E-state index in [4.69, 9.17) is 17.3 Å². The third kappa shape index (κ3) is 4.60. The zero-order valence-electron chi connectivity index (χ0n) is 11.2. The Morgan fingerprint density at radius 3 is 2.56 bits per heavy atom. The van der Waals surface area contributed by atoms with Crippen LogP contribution in [0.15, 0.2) is 18.2 Å². The van der Waals surface area contributed by atoms with E-state index in [1.54, 1.807) is 6.07 Å². The van der Waals surface area contributed by atoms with Crippen molar-refractivity contribution in [2.75, 3.05) is 25.4 Å². The van der Waals surface area contributed by atoms with E-state index in [1.807, 2.05) is 26.0 Å². The first kappa shape index (κ1) is 14.9. The van der Waals surface area contributed by atoms with Crippen molar-refractivity contribution < 1.29 is 0 Å². The maximum absolute atomic E-state index is 5.92. The molecule has 0 aromatic heterocycles. The maximum atomic E-state index is 5.92. The summed E-state index contributed by atoms with van der Waals surface area (Å²) in [7, 11) is 0. The number of nitrogens with zero attached hydrogens (tertiary/aromatic N) is 1. The molecule has 0 bridgehead atoms. The molecule has 0 amide bonds. The second kappa shape index (κ2) is 8.02. The van der Waals surface area contributed by atoms with Gasteiger partial charge in [0.2, 0.25) is 0 Å². The Balaban J connectivity index is 0.000000771. The Morgan fingerprint density at radius 1 is 1.28 bits per heavy atom. The number of benzene rings is 1. The maximum Gasteiger partial charge on any atom is 0.0647 e. The van der Waals surface area contributed by atoms with E-state index in [2.05, 4.69) is 16.7 Å². The van der Waals surface area contributed by atoms with E-state index in [-0.39, 0.29) is 0 Å². The molecule has 0 spiro atoms. The van der Waals surface area contributed by atoms with E-state index in [0.29, 0.717) is 10.7 Å². The van der Waals surface area contributed by atoms with Crippen LogP contribution in [0, 0.1) is 11.8 Å². The molecule has 0 saturated carbocycles. The number of nitrogen functional groups attached to an aromatic ring is 1. The second-order valence-corrected chi connectivity index (χ2v) is 4.43. The SMILES string of the molecule is CC.Nc1ccc(C#CCN2CCCC2)cc1Cl. The van der Waals surface area contributed by atoms with Crippen molar-refractivity contribution in [3.8, 4) is 11.8 Å². The fourth-order valence-corrected chi connectivity index (χ4v) is 1.98. The lowest BCUT2D eigenvalue weighted by Gasteiger charge is -2.08. The van der Waals surface area contributed by atoms with Crippen molar-refractivity contribution in [3.63, 3.8) is 0 Å². The van der Waals surface area contributed by atoms with Crippen molar-refractivity contribution in [2.24, 2.45) is 0 Å². The second-order valence-electron chi connectivity index (χ2n) is 4.02. The third-order valence-electron chi connectivity index (χ3n) is 2.73. The van der Waals surface area contributed by atoms with Gasteiger partial charge in [-0.05, 0) is 44.1 Å². The summed E-state index contributed by atoms with van der Waals surface area (Å²) in [5.74, 6) is 6.27. The number of halogens is 1. The van der Waals surface area contributed by atoms with Gasteiger partial charge in [0.05, 0.1) is 17.3 Å². The molecule has 1 aliphatic heterocycles. The zero-order chi connectivity index (χ0) is 13.4. The highest BCUT2D eigenvalue weighted by atomic mass is 35.5. The molecule has 18 heavy (non-hydrogen) atoms. The van der Waals surface area contributed by atoms with Gasteiger partial charge in [-0.2, -0.15) is 0 Å². The lowest BCUT2D eigenvalue weighted by molar-refractivity contribution is 0.383. The molecule has 0 unspecified atom stereocenters. The average molecular weight is 265 g/mol. The standard InChI is InChI=1S/C13H15ClN2.C2H6/c14-12-10-11(5-6-13(12)15)4-3-9-16-7-1-2-8-16;1-2/h5-6,10H,1-2,7-9,15H2;1-2H3. The smallest absolute Gasteiger partial charge is 0.0647 e. The summed E-state index contributed by atoms with van der Waals surface area (Å²) < 4.78 is 0. The van der Waals surface area contributed by atoms with Crippen LogP contribution >= 0.6 is 11.6 Å². The molecule has 0 aliphatic carbocycles. The molecular formula is C15H21ClN2. The molecule has 98 valence electrons. The van der Waals surface area contributed by atoms with E-state index < -0.39 is 0 Å². The fourth-order valence-electron chi connectivity index (χ4n) is 1.80. The van der Waals surface area contributed by atoms with Crippen LogP contribution in [0.5, 0.6) is 0 Å². The van der Waals surface area contributed by atoms with Gasteiger partial charge in [0.25, 0.3) is 0 Å². The molecule has 0 radical (unpaired) electrons. The van der Waals surface area contributed by atoms with Crippen molar-refractivity contribution >= 4 is 17.3 Å². The van der Waals surface area contributed by atoms with Gasteiger partial charge in [0.1, 0.15) is 0 Å². The van der Waals surface area contributed by atoms with Gasteiger partial charge in [-0.25, -0.2) is 0 Å². The Hall–Kier alpha value is -1.17. The summed E-state index contributed by atoms with van der Waals surface area (Å²) in [6.45, 7) is 7.20. The van der Waals surface area contributed by atoms with E-state index in [1.165, 1.54) is 25.9 Å². The fraction of sp³-hybridized carbons (Fsp3) is 0.467. The minimum absolute atomic E-state index is 0.577. The number of likely N-dealkylation sites (tertiary alicyclic amines) is 1. The van der Waals surface area contributed by atoms with Crippen molar-refractivity contribution in [1.29, 1.82) is 0 Å². The summed E-state index contributed by atoms with van der Waals surface area (Å²) in [6, 6.07) is 5.51. The molecule has 1 fully saturated rings. The van der Waals surface area contributed by atoms with Crippen LogP contribution in [0.4, 0.5) is 5.69 Å². The Bertz CT molecular complexity index is 426. The molecule has 0 atom stereocenters. The van der Waals surface area contributed by atoms with Crippen molar-refractivity contribution in [3.05, 3.63) is 28.8 Å². The zero-order valence-corrected chi connectivity index (χ0v) is 11.9. The van der Waals surface area contributed by atoms with E-state index >= 15 is 0 Å². The van der Waals surface area contributed by atoms with Crippen LogP contribution in [0.2, 0.25) is 5.02 Å². The molecule has 2 nitrogen and oxygen atoms in total. The van der Waals surface area contributed by atoms with Crippen LogP contribution in [0.25, 0.3) is 0 Å². The Labute approximate surface area is 115 Å². The number of rotatable bonds is 1. The van der Waals surface area contributed by atoms with Gasteiger partial charge in [-0.1, -0.05) is 37.3 Å². The van der Waals surface area contributed by atoms with Gasteiger partial charge in [-0.3, -0.25) is 4.90 Å². The summed E-state index contributed by atoms with van der Waals surface area (Å²) in [5.41, 5.74) is 7.16. The molecule has 1 heterocycles.